The van der Waals surface area contributed by atoms with Crippen molar-refractivity contribution >= 4 is 7.37 Å². The molecule has 2 atom stereocenters. The zero-order valence-electron chi connectivity index (χ0n) is 13.1. The molecule has 0 bridgehead atoms. The molecule has 0 saturated heterocycles. The van der Waals surface area contributed by atoms with Crippen LogP contribution in [0.2, 0.25) is 4.13 Å². The van der Waals surface area contributed by atoms with E-state index in [1.54, 1.807) is 16.7 Å². The van der Waals surface area contributed by atoms with Gasteiger partial charge in [-0.25, -0.2) is 0 Å². The van der Waals surface area contributed by atoms with Gasteiger partial charge in [-0.05, 0) is 0 Å². The van der Waals surface area contributed by atoms with Gasteiger partial charge in [0.1, 0.15) is 0 Å². The van der Waals surface area contributed by atoms with Crippen molar-refractivity contribution in [3.8, 4) is 0 Å². The van der Waals surface area contributed by atoms with Gasteiger partial charge in [0.2, 0.25) is 0 Å². The van der Waals surface area contributed by atoms with Crippen LogP contribution in [-0.4, -0.2) is 7.37 Å². The molecule has 0 aromatic rings. The summed E-state index contributed by atoms with van der Waals surface area (Å²) in [5.41, 5.74) is 4.85. The van der Waals surface area contributed by atoms with Crippen molar-refractivity contribution in [1.29, 1.82) is 0 Å². The van der Waals surface area contributed by atoms with E-state index in [9.17, 15) is 0 Å². The number of allylic oxidation sites excluding steroid dienone is 8. The molecule has 0 spiro atoms. The van der Waals surface area contributed by atoms with Gasteiger partial charge < -0.3 is 0 Å². The second kappa shape index (κ2) is 5.82. The molecular weight excluding hydrogens is 323 g/mol. The predicted octanol–water partition coefficient (Wildman–Crippen LogP) is 4.17. The average Bonchev–Trinajstić information content (AvgIpc) is 2.96. The average molecular weight is 351 g/mol. The molecule has 103 valence electrons. The van der Waals surface area contributed by atoms with Crippen molar-refractivity contribution in [1.82, 2.24) is 0 Å². The second-order valence-electron chi connectivity index (χ2n) is 6.33. The van der Waals surface area contributed by atoms with Crippen LogP contribution in [0.15, 0.2) is 41.5 Å². The normalized spacial score (nSPS) is 26.4. The Morgan fingerprint density at radius 2 is 2.00 bits per heavy atom. The molecule has 0 aromatic carbocycles. The molecule has 2 aliphatic carbocycles. The summed E-state index contributed by atoms with van der Waals surface area (Å²) in [5, 5.41) is 0. The van der Waals surface area contributed by atoms with E-state index in [0.29, 0.717) is 5.92 Å². The van der Waals surface area contributed by atoms with Crippen LogP contribution in [0, 0.1) is 12.8 Å². The van der Waals surface area contributed by atoms with E-state index < -0.39 is 19.4 Å². The molecule has 0 N–H and O–H groups in total. The Labute approximate surface area is 125 Å². The van der Waals surface area contributed by atoms with Gasteiger partial charge in [0.05, 0.1) is 0 Å². The first-order valence-corrected chi connectivity index (χ1v) is 20.0. The fourth-order valence-electron chi connectivity index (χ4n) is 3.93. The van der Waals surface area contributed by atoms with E-state index in [-0.39, 0.29) is 0 Å². The Bertz CT molecular complexity index is 507. The van der Waals surface area contributed by atoms with Crippen LogP contribution >= 0.6 is 0 Å². The van der Waals surface area contributed by atoms with Crippen LogP contribution in [0.5, 0.6) is 0 Å². The Morgan fingerprint density at radius 1 is 1.32 bits per heavy atom. The number of hydrogen-bond acceptors (Lipinski definition) is 0. The Hall–Kier alpha value is 0.0600. The Balaban J connectivity index is 2.47. The quantitative estimate of drug-likeness (QED) is 0.668. The maximum absolute atomic E-state index is 4.19. The third kappa shape index (κ3) is 2.51. The van der Waals surface area contributed by atoms with Crippen LogP contribution in [0.25, 0.3) is 0 Å². The van der Waals surface area contributed by atoms with Crippen molar-refractivity contribution < 1.29 is 19.4 Å². The zero-order chi connectivity index (χ0) is 14.2. The monoisotopic (exact) mass is 349 g/mol. The summed E-state index contributed by atoms with van der Waals surface area (Å²) in [6.07, 6.45) is 9.45. The predicted molar refractivity (Wildman–Crippen MR) is 86.8 cm³/mol. The first-order chi connectivity index (χ1) is 8.93. The number of hydrogen-bond donors (Lipinski definition) is 0. The van der Waals surface area contributed by atoms with Crippen molar-refractivity contribution in [2.75, 3.05) is 0 Å². The molecule has 0 heterocycles. The summed E-state index contributed by atoms with van der Waals surface area (Å²) in [5.74, 6) is 0.710. The maximum atomic E-state index is 4.19. The molecule has 0 amide bonds. The molecule has 0 fully saturated rings. The van der Waals surface area contributed by atoms with Gasteiger partial charge in [0, 0.05) is 0 Å². The van der Waals surface area contributed by atoms with Gasteiger partial charge in [-0.1, -0.05) is 0 Å². The van der Waals surface area contributed by atoms with Gasteiger partial charge in [-0.3, -0.25) is 0 Å². The van der Waals surface area contributed by atoms with E-state index in [1.807, 2.05) is 6.56 Å². The molecule has 0 aromatic heterocycles. The van der Waals surface area contributed by atoms with E-state index in [0.717, 1.165) is 6.42 Å². The fraction of sp³-hybridized carbons (Fsp3) is 0.471. The third-order valence-electron chi connectivity index (χ3n) is 5.39. The molecule has 0 aliphatic heterocycles. The van der Waals surface area contributed by atoms with E-state index in [2.05, 4.69) is 52.8 Å². The topological polar surface area (TPSA) is 0 Å². The Kier molecular flexibility index (Phi) is 4.73. The molecule has 1 radical (unpaired) electrons. The summed E-state index contributed by atoms with van der Waals surface area (Å²) in [6.45, 7) is 13.7. The molecule has 2 unspecified atom stereocenters. The van der Waals surface area contributed by atoms with Gasteiger partial charge in [-0.2, -0.15) is 0 Å². The SMILES string of the molecule is [CH2]C[CH2][Zr]([SiH3])([C]1=CC=CC1)[C]1=C(C)C(C)=C(C)C1C. The molecule has 2 rings (SSSR count). The van der Waals surface area contributed by atoms with Gasteiger partial charge >= 0.3 is 126 Å². The van der Waals surface area contributed by atoms with Crippen molar-refractivity contribution in [3.05, 3.63) is 48.4 Å². The molecule has 2 heteroatoms. The molecule has 0 nitrogen and oxygen atoms in total. The van der Waals surface area contributed by atoms with E-state index in [4.69, 9.17) is 0 Å². The fourth-order valence-corrected chi connectivity index (χ4v) is 25.0. The second-order valence-corrected chi connectivity index (χ2v) is 27.1. The van der Waals surface area contributed by atoms with Crippen LogP contribution in [-0.2, 0) is 19.4 Å². The van der Waals surface area contributed by atoms with E-state index in [1.165, 1.54) is 17.9 Å². The van der Waals surface area contributed by atoms with Crippen LogP contribution in [0.3, 0.4) is 0 Å². The Morgan fingerprint density at radius 3 is 2.42 bits per heavy atom. The molecular formula is C17H27SiZr. The summed E-state index contributed by atoms with van der Waals surface area (Å²) in [7, 11) is 1.40. The summed E-state index contributed by atoms with van der Waals surface area (Å²) in [6, 6.07) is 0. The first kappa shape index (κ1) is 15.4. The minimum atomic E-state index is -2.25. The molecule has 19 heavy (non-hydrogen) atoms. The van der Waals surface area contributed by atoms with Crippen molar-refractivity contribution in [2.45, 2.75) is 44.7 Å². The summed E-state index contributed by atoms with van der Waals surface area (Å²) in [4.78, 5) is 0. The van der Waals surface area contributed by atoms with Crippen molar-refractivity contribution in [3.63, 3.8) is 0 Å². The van der Waals surface area contributed by atoms with Gasteiger partial charge in [0.25, 0.3) is 0 Å². The third-order valence-corrected chi connectivity index (χ3v) is 28.0. The van der Waals surface area contributed by atoms with Crippen LogP contribution < -0.4 is 0 Å². The molecule has 0 saturated carbocycles. The number of rotatable bonds is 4. The van der Waals surface area contributed by atoms with E-state index >= 15 is 0 Å². The summed E-state index contributed by atoms with van der Waals surface area (Å²) < 4.78 is 5.18. The zero-order valence-corrected chi connectivity index (χ0v) is 17.6. The van der Waals surface area contributed by atoms with Gasteiger partial charge in [-0.15, -0.1) is 0 Å². The van der Waals surface area contributed by atoms with Crippen LogP contribution in [0.1, 0.15) is 40.5 Å². The molecule has 2 aliphatic rings. The standard InChI is InChI=1S/C9H13.C5H5.C3H6.H3Si.Zr/c1-6-5-7(2)9(4)8(6)3;1-2-4-5-3-1;1-3-2;;/h6H,1-4H3;1-3H,4H2;1-3H2;1H3;. The van der Waals surface area contributed by atoms with Crippen LogP contribution in [0.4, 0.5) is 0 Å². The van der Waals surface area contributed by atoms with Gasteiger partial charge in [0.15, 0.2) is 0 Å². The summed E-state index contributed by atoms with van der Waals surface area (Å²) >= 11 is -2.25. The first-order valence-electron chi connectivity index (χ1n) is 7.48. The van der Waals surface area contributed by atoms with Crippen molar-refractivity contribution in [2.24, 2.45) is 5.92 Å². The minimum absolute atomic E-state index is 0.710.